The minimum atomic E-state index is -4.67. The number of rotatable bonds is 5. The second kappa shape index (κ2) is 6.66. The molecule has 0 aromatic heterocycles. The molecule has 1 fully saturated rings. The Morgan fingerprint density at radius 1 is 1.43 bits per heavy atom. The number of benzene rings is 1. The molecule has 2 rings (SSSR count). The van der Waals surface area contributed by atoms with E-state index in [9.17, 15) is 13.2 Å². The summed E-state index contributed by atoms with van der Waals surface area (Å²) >= 11 is 0. The van der Waals surface area contributed by atoms with Crippen molar-refractivity contribution < 1.29 is 22.6 Å². The third-order valence-corrected chi connectivity index (χ3v) is 3.58. The maximum Gasteiger partial charge on any atom is 0.573 e. The van der Waals surface area contributed by atoms with Gasteiger partial charge in [0.15, 0.2) is 0 Å². The zero-order chi connectivity index (χ0) is 15.5. The van der Waals surface area contributed by atoms with Gasteiger partial charge in [-0.1, -0.05) is 19.1 Å². The first-order chi connectivity index (χ1) is 9.89. The monoisotopic (exact) mass is 303 g/mol. The molecule has 3 unspecified atom stereocenters. The Bertz CT molecular complexity index is 464. The first-order valence-electron chi connectivity index (χ1n) is 7.09. The summed E-state index contributed by atoms with van der Waals surface area (Å²) < 4.78 is 46.5. The summed E-state index contributed by atoms with van der Waals surface area (Å²) in [5, 5.41) is 3.33. The van der Waals surface area contributed by atoms with Crippen LogP contribution >= 0.6 is 0 Å². The van der Waals surface area contributed by atoms with Crippen molar-refractivity contribution >= 4 is 0 Å². The van der Waals surface area contributed by atoms with Crippen molar-refractivity contribution in [3.05, 3.63) is 29.8 Å². The Morgan fingerprint density at radius 2 is 2.19 bits per heavy atom. The van der Waals surface area contributed by atoms with Crippen LogP contribution in [0.25, 0.3) is 0 Å². The summed E-state index contributed by atoms with van der Waals surface area (Å²) in [6.45, 7) is 5.33. The summed E-state index contributed by atoms with van der Waals surface area (Å²) in [4.78, 5) is 0. The van der Waals surface area contributed by atoms with Gasteiger partial charge in [0.05, 0.1) is 12.7 Å². The lowest BCUT2D eigenvalue weighted by Gasteiger charge is -2.24. The Hall–Kier alpha value is -1.27. The van der Waals surface area contributed by atoms with Crippen molar-refractivity contribution in [2.45, 2.75) is 38.8 Å². The highest BCUT2D eigenvalue weighted by Gasteiger charge is 2.33. The lowest BCUT2D eigenvalue weighted by molar-refractivity contribution is -0.274. The molecule has 0 aliphatic carbocycles. The largest absolute Gasteiger partial charge is 0.573 e. The molecule has 3 nitrogen and oxygen atoms in total. The van der Waals surface area contributed by atoms with Crippen molar-refractivity contribution in [2.24, 2.45) is 5.92 Å². The normalized spacial score (nSPS) is 24.0. The van der Waals surface area contributed by atoms with E-state index in [2.05, 4.69) is 10.1 Å². The Morgan fingerprint density at radius 3 is 2.76 bits per heavy atom. The maximum atomic E-state index is 12.3. The van der Waals surface area contributed by atoms with Gasteiger partial charge in [0.25, 0.3) is 0 Å². The van der Waals surface area contributed by atoms with Crippen molar-refractivity contribution in [1.29, 1.82) is 0 Å². The van der Waals surface area contributed by atoms with Crippen LogP contribution < -0.4 is 10.1 Å². The van der Waals surface area contributed by atoms with Crippen molar-refractivity contribution in [3.8, 4) is 5.75 Å². The van der Waals surface area contributed by atoms with Crippen LogP contribution in [0.3, 0.4) is 0 Å². The molecule has 0 amide bonds. The highest BCUT2D eigenvalue weighted by Crippen LogP contribution is 2.33. The van der Waals surface area contributed by atoms with Gasteiger partial charge in [-0.15, -0.1) is 13.2 Å². The topological polar surface area (TPSA) is 30.5 Å². The molecule has 0 radical (unpaired) electrons. The van der Waals surface area contributed by atoms with Crippen LogP contribution in [0.2, 0.25) is 0 Å². The van der Waals surface area contributed by atoms with Crippen LogP contribution in [0.4, 0.5) is 13.2 Å². The molecule has 1 N–H and O–H groups in total. The van der Waals surface area contributed by atoms with E-state index in [0.29, 0.717) is 6.61 Å². The van der Waals surface area contributed by atoms with Gasteiger partial charge in [0.1, 0.15) is 5.75 Å². The Balaban J connectivity index is 2.18. The maximum absolute atomic E-state index is 12.3. The fraction of sp³-hybridized carbons (Fsp3) is 0.600. The fourth-order valence-electron chi connectivity index (χ4n) is 2.76. The van der Waals surface area contributed by atoms with Crippen LogP contribution in [0.1, 0.15) is 31.9 Å². The van der Waals surface area contributed by atoms with E-state index in [-0.39, 0.29) is 23.8 Å². The van der Waals surface area contributed by atoms with E-state index in [0.717, 1.165) is 18.5 Å². The van der Waals surface area contributed by atoms with Crippen LogP contribution in [0.15, 0.2) is 24.3 Å². The summed E-state index contributed by atoms with van der Waals surface area (Å²) in [7, 11) is 0. The van der Waals surface area contributed by atoms with Gasteiger partial charge in [-0.05, 0) is 37.6 Å². The predicted molar refractivity (Wildman–Crippen MR) is 73.1 cm³/mol. The standard InChI is InChI=1S/C15H20F3NO2/c1-3-19-14(12-7-10(2)20-9-12)11-5-4-6-13(8-11)21-15(16,17)18/h4-6,8,10,12,14,19H,3,7,9H2,1-2H3. The minimum Gasteiger partial charge on any atom is -0.406 e. The zero-order valence-electron chi connectivity index (χ0n) is 12.1. The lowest BCUT2D eigenvalue weighted by Crippen LogP contribution is -2.28. The summed E-state index contributed by atoms with van der Waals surface area (Å²) in [5.74, 6) is 0.0657. The van der Waals surface area contributed by atoms with Gasteiger partial charge < -0.3 is 14.8 Å². The van der Waals surface area contributed by atoms with E-state index in [1.807, 2.05) is 19.9 Å². The molecule has 0 spiro atoms. The minimum absolute atomic E-state index is 0.0308. The van der Waals surface area contributed by atoms with E-state index >= 15 is 0 Å². The first kappa shape index (κ1) is 16.1. The summed E-state index contributed by atoms with van der Waals surface area (Å²) in [6.07, 6.45) is -3.59. The van der Waals surface area contributed by atoms with E-state index in [1.165, 1.54) is 12.1 Å². The number of ether oxygens (including phenoxy) is 2. The third-order valence-electron chi connectivity index (χ3n) is 3.58. The van der Waals surface area contributed by atoms with Gasteiger partial charge in [0, 0.05) is 12.0 Å². The third kappa shape index (κ3) is 4.61. The molecule has 0 bridgehead atoms. The number of hydrogen-bond donors (Lipinski definition) is 1. The molecular weight excluding hydrogens is 283 g/mol. The molecule has 118 valence electrons. The molecule has 6 heteroatoms. The molecule has 1 aromatic rings. The first-order valence-corrected chi connectivity index (χ1v) is 7.09. The number of alkyl halides is 3. The van der Waals surface area contributed by atoms with Gasteiger partial charge >= 0.3 is 6.36 Å². The number of nitrogens with one attached hydrogen (secondary N) is 1. The molecule has 21 heavy (non-hydrogen) atoms. The molecule has 1 aromatic carbocycles. The van der Waals surface area contributed by atoms with Crippen LogP contribution in [-0.4, -0.2) is 25.6 Å². The molecule has 1 aliphatic rings. The fourth-order valence-corrected chi connectivity index (χ4v) is 2.76. The van der Waals surface area contributed by atoms with E-state index < -0.39 is 6.36 Å². The average molecular weight is 303 g/mol. The molecule has 1 aliphatic heterocycles. The molecular formula is C15H20F3NO2. The van der Waals surface area contributed by atoms with Crippen molar-refractivity contribution in [2.75, 3.05) is 13.2 Å². The molecule has 3 atom stereocenters. The Labute approximate surface area is 122 Å². The average Bonchev–Trinajstić information content (AvgIpc) is 2.80. The smallest absolute Gasteiger partial charge is 0.406 e. The van der Waals surface area contributed by atoms with Crippen molar-refractivity contribution in [1.82, 2.24) is 5.32 Å². The van der Waals surface area contributed by atoms with Gasteiger partial charge in [-0.2, -0.15) is 0 Å². The van der Waals surface area contributed by atoms with Gasteiger partial charge in [-0.3, -0.25) is 0 Å². The van der Waals surface area contributed by atoms with E-state index in [4.69, 9.17) is 4.74 Å². The second-order valence-corrected chi connectivity index (χ2v) is 5.30. The Kier molecular flexibility index (Phi) is 5.11. The lowest BCUT2D eigenvalue weighted by atomic mass is 9.91. The predicted octanol–water partition coefficient (Wildman–Crippen LogP) is 3.66. The highest BCUT2D eigenvalue weighted by atomic mass is 19.4. The van der Waals surface area contributed by atoms with Crippen molar-refractivity contribution in [3.63, 3.8) is 0 Å². The van der Waals surface area contributed by atoms with Gasteiger partial charge in [-0.25, -0.2) is 0 Å². The number of hydrogen-bond acceptors (Lipinski definition) is 3. The SMILES string of the molecule is CCNC(c1cccc(OC(F)(F)F)c1)C1COC(C)C1. The van der Waals surface area contributed by atoms with Gasteiger partial charge in [0.2, 0.25) is 0 Å². The molecule has 0 saturated carbocycles. The van der Waals surface area contributed by atoms with Crippen LogP contribution in [-0.2, 0) is 4.74 Å². The number of halogens is 3. The van der Waals surface area contributed by atoms with Crippen LogP contribution in [0.5, 0.6) is 5.75 Å². The molecule has 1 saturated heterocycles. The van der Waals surface area contributed by atoms with E-state index in [1.54, 1.807) is 6.07 Å². The second-order valence-electron chi connectivity index (χ2n) is 5.30. The quantitative estimate of drug-likeness (QED) is 0.900. The molecule has 1 heterocycles. The summed E-state index contributed by atoms with van der Waals surface area (Å²) in [6, 6.07) is 6.13. The summed E-state index contributed by atoms with van der Waals surface area (Å²) in [5.41, 5.74) is 0.793. The zero-order valence-corrected chi connectivity index (χ0v) is 12.1. The highest BCUT2D eigenvalue weighted by molar-refractivity contribution is 5.31. The van der Waals surface area contributed by atoms with Crippen LogP contribution in [0, 0.1) is 5.92 Å².